The number of ether oxygens (including phenoxy) is 1. The van der Waals surface area contributed by atoms with E-state index in [9.17, 15) is 13.2 Å². The van der Waals surface area contributed by atoms with Crippen LogP contribution in [0.4, 0.5) is 5.69 Å². The quantitative estimate of drug-likeness (QED) is 0.503. The Hall–Kier alpha value is -2.82. The van der Waals surface area contributed by atoms with E-state index in [4.69, 9.17) is 4.74 Å². The minimum Gasteiger partial charge on any atom is -0.495 e. The monoisotopic (exact) mass is 474 g/mol. The second kappa shape index (κ2) is 9.76. The molecule has 0 aliphatic rings. The van der Waals surface area contributed by atoms with E-state index in [0.717, 1.165) is 9.99 Å². The number of nitrogens with one attached hydrogen (secondary N) is 1. The van der Waals surface area contributed by atoms with E-state index in [1.165, 1.54) is 56.2 Å². The lowest BCUT2D eigenvalue weighted by Crippen LogP contribution is -2.23. The van der Waals surface area contributed by atoms with E-state index in [2.05, 4.69) is 36.3 Å². The number of hydrogen-bond acceptors (Lipinski definition) is 6. The van der Waals surface area contributed by atoms with Crippen molar-refractivity contribution in [1.29, 1.82) is 0 Å². The van der Waals surface area contributed by atoms with Crippen molar-refractivity contribution in [1.82, 2.24) is 13.9 Å². The third-order valence-corrected chi connectivity index (χ3v) is 7.72. The number of aryl methyl sites for hydroxylation is 2. The van der Waals surface area contributed by atoms with Crippen molar-refractivity contribution in [2.75, 3.05) is 32.3 Å². The minimum absolute atomic E-state index is 0.0132. The van der Waals surface area contributed by atoms with Gasteiger partial charge in [0.1, 0.15) is 10.6 Å². The summed E-state index contributed by atoms with van der Waals surface area (Å²) in [5.41, 5.74) is 3.72. The van der Waals surface area contributed by atoms with Gasteiger partial charge < -0.3 is 10.1 Å². The fourth-order valence-electron chi connectivity index (χ4n) is 2.95. The molecular formula is C22H26N4O4S2. The number of carbonyl (C=O) groups is 1. The molecule has 0 aliphatic carbocycles. The summed E-state index contributed by atoms with van der Waals surface area (Å²) < 4.78 is 33.3. The van der Waals surface area contributed by atoms with Gasteiger partial charge in [-0.25, -0.2) is 17.7 Å². The number of amides is 1. The number of carbonyl (C=O) groups excluding carboxylic acids is 1. The lowest BCUT2D eigenvalue weighted by molar-refractivity contribution is -0.113. The van der Waals surface area contributed by atoms with Gasteiger partial charge in [0.25, 0.3) is 0 Å². The summed E-state index contributed by atoms with van der Waals surface area (Å²) in [6, 6.07) is 10.7. The lowest BCUT2D eigenvalue weighted by Gasteiger charge is -2.16. The Balaban J connectivity index is 1.73. The largest absolute Gasteiger partial charge is 0.495 e. The average molecular weight is 475 g/mol. The van der Waals surface area contributed by atoms with Gasteiger partial charge in [0.15, 0.2) is 5.16 Å². The van der Waals surface area contributed by atoms with Gasteiger partial charge >= 0.3 is 0 Å². The topological polar surface area (TPSA) is 93.5 Å². The van der Waals surface area contributed by atoms with E-state index >= 15 is 0 Å². The first-order valence-electron chi connectivity index (χ1n) is 9.77. The van der Waals surface area contributed by atoms with Crippen LogP contribution in [-0.4, -0.2) is 55.1 Å². The summed E-state index contributed by atoms with van der Waals surface area (Å²) in [7, 11) is 0.547. The second-order valence-electron chi connectivity index (χ2n) is 7.34. The number of hydrogen-bond donors (Lipinski definition) is 1. The molecule has 0 saturated carbocycles. The predicted molar refractivity (Wildman–Crippen MR) is 126 cm³/mol. The molecule has 1 heterocycles. The Morgan fingerprint density at radius 3 is 2.56 bits per heavy atom. The Morgan fingerprint density at radius 2 is 1.91 bits per heavy atom. The molecule has 0 bridgehead atoms. The molecule has 0 spiro atoms. The first-order valence-corrected chi connectivity index (χ1v) is 12.2. The molecule has 1 amide bonds. The van der Waals surface area contributed by atoms with Gasteiger partial charge in [0.2, 0.25) is 15.9 Å². The van der Waals surface area contributed by atoms with Gasteiger partial charge in [0.05, 0.1) is 12.9 Å². The van der Waals surface area contributed by atoms with Crippen LogP contribution < -0.4 is 10.1 Å². The zero-order valence-corrected chi connectivity index (χ0v) is 20.3. The fraction of sp³-hybridized carbons (Fsp3) is 0.273. The summed E-state index contributed by atoms with van der Waals surface area (Å²) in [6.45, 7) is 4.11. The maximum Gasteiger partial charge on any atom is 0.246 e. The molecule has 1 N–H and O–H groups in total. The number of nitrogens with zero attached hydrogens (tertiary/aromatic N) is 3. The molecule has 32 heavy (non-hydrogen) atoms. The summed E-state index contributed by atoms with van der Waals surface area (Å²) in [4.78, 5) is 16.9. The van der Waals surface area contributed by atoms with E-state index in [1.54, 1.807) is 12.3 Å². The molecule has 0 saturated heterocycles. The number of aromatic nitrogens is 2. The van der Waals surface area contributed by atoms with Gasteiger partial charge in [-0.05, 0) is 55.3 Å². The summed E-state index contributed by atoms with van der Waals surface area (Å²) in [5.74, 6) is 0.0495. The molecule has 3 aromatic rings. The smallest absolute Gasteiger partial charge is 0.246 e. The highest BCUT2D eigenvalue weighted by atomic mass is 32.2. The minimum atomic E-state index is -3.73. The van der Waals surface area contributed by atoms with Crippen LogP contribution in [0.3, 0.4) is 0 Å². The highest BCUT2D eigenvalue weighted by Gasteiger charge is 2.23. The zero-order chi connectivity index (χ0) is 23.5. The van der Waals surface area contributed by atoms with Crippen LogP contribution in [-0.2, 0) is 14.8 Å². The highest BCUT2D eigenvalue weighted by molar-refractivity contribution is 7.99. The van der Waals surface area contributed by atoms with E-state index < -0.39 is 10.0 Å². The van der Waals surface area contributed by atoms with Crippen molar-refractivity contribution in [3.8, 4) is 11.4 Å². The normalized spacial score (nSPS) is 11.6. The molecule has 0 unspecified atom stereocenters. The van der Waals surface area contributed by atoms with Crippen LogP contribution in [0.1, 0.15) is 11.1 Å². The number of thioether (sulfide) groups is 1. The van der Waals surface area contributed by atoms with Crippen molar-refractivity contribution >= 4 is 33.4 Å². The van der Waals surface area contributed by atoms with E-state index in [0.29, 0.717) is 10.8 Å². The summed E-state index contributed by atoms with van der Waals surface area (Å²) >= 11 is 1.30. The van der Waals surface area contributed by atoms with Gasteiger partial charge in [-0.2, -0.15) is 0 Å². The third-order valence-electron chi connectivity index (χ3n) is 4.91. The average Bonchev–Trinajstić information content (AvgIpc) is 3.22. The van der Waals surface area contributed by atoms with Gasteiger partial charge in [-0.15, -0.1) is 0 Å². The number of benzene rings is 2. The molecule has 0 atom stereocenters. The molecule has 3 rings (SSSR count). The van der Waals surface area contributed by atoms with Crippen LogP contribution in [0, 0.1) is 13.8 Å². The van der Waals surface area contributed by atoms with Crippen LogP contribution in [0.2, 0.25) is 0 Å². The van der Waals surface area contributed by atoms with Crippen LogP contribution >= 0.6 is 11.8 Å². The van der Waals surface area contributed by atoms with Crippen molar-refractivity contribution in [2.24, 2.45) is 0 Å². The molecule has 0 aliphatic heterocycles. The zero-order valence-electron chi connectivity index (χ0n) is 18.6. The molecular weight excluding hydrogens is 448 g/mol. The van der Waals surface area contributed by atoms with Crippen molar-refractivity contribution in [2.45, 2.75) is 23.9 Å². The Morgan fingerprint density at radius 1 is 1.16 bits per heavy atom. The first kappa shape index (κ1) is 23.8. The number of sulfonamides is 1. The summed E-state index contributed by atoms with van der Waals surface area (Å²) in [5, 5.41) is 3.44. The number of imidazole rings is 1. The standard InChI is InChI=1S/C22H26N4O4S2/c1-15-6-8-18(12-16(15)2)26-11-10-23-22(26)31-14-21(27)24-17-7-9-19(30-5)20(13-17)32(28,29)25(3)4/h6-13H,14H2,1-5H3,(H,24,27). The fourth-order valence-corrected chi connectivity index (χ4v) is 4.80. The Kier molecular flexibility index (Phi) is 7.27. The van der Waals surface area contributed by atoms with Crippen molar-refractivity contribution < 1.29 is 17.9 Å². The number of rotatable bonds is 8. The van der Waals surface area contributed by atoms with Crippen LogP contribution in [0.25, 0.3) is 5.69 Å². The second-order valence-corrected chi connectivity index (χ2v) is 10.4. The molecule has 2 aromatic carbocycles. The Bertz CT molecular complexity index is 1240. The maximum atomic E-state index is 12.6. The molecule has 8 nitrogen and oxygen atoms in total. The summed E-state index contributed by atoms with van der Waals surface area (Å²) in [6.07, 6.45) is 3.55. The molecule has 0 fully saturated rings. The van der Waals surface area contributed by atoms with E-state index in [-0.39, 0.29) is 22.3 Å². The third kappa shape index (κ3) is 5.14. The van der Waals surface area contributed by atoms with Crippen LogP contribution in [0.15, 0.2) is 58.8 Å². The van der Waals surface area contributed by atoms with Gasteiger partial charge in [0, 0.05) is 37.9 Å². The molecule has 170 valence electrons. The van der Waals surface area contributed by atoms with Gasteiger partial charge in [-0.1, -0.05) is 17.8 Å². The van der Waals surface area contributed by atoms with E-state index in [1.807, 2.05) is 16.8 Å². The Labute approximate surface area is 192 Å². The lowest BCUT2D eigenvalue weighted by atomic mass is 10.1. The number of anilines is 1. The first-order chi connectivity index (χ1) is 15.1. The highest BCUT2D eigenvalue weighted by Crippen LogP contribution is 2.29. The van der Waals surface area contributed by atoms with Gasteiger partial charge in [-0.3, -0.25) is 9.36 Å². The molecule has 0 radical (unpaired) electrons. The SMILES string of the molecule is COc1ccc(NC(=O)CSc2nccn2-c2ccc(C)c(C)c2)cc1S(=O)(=O)N(C)C. The van der Waals surface area contributed by atoms with Crippen LogP contribution in [0.5, 0.6) is 5.75 Å². The predicted octanol–water partition coefficient (Wildman–Crippen LogP) is 3.48. The van der Waals surface area contributed by atoms with Crippen molar-refractivity contribution in [3.05, 3.63) is 59.9 Å². The molecule has 10 heteroatoms. The number of methoxy groups -OCH3 is 1. The molecule has 1 aromatic heterocycles. The van der Waals surface area contributed by atoms with Crippen molar-refractivity contribution in [3.63, 3.8) is 0 Å². The maximum absolute atomic E-state index is 12.6.